The van der Waals surface area contributed by atoms with E-state index in [9.17, 15) is 4.79 Å². The number of nitrogens with zero attached hydrogens (tertiary/aromatic N) is 1. The lowest BCUT2D eigenvalue weighted by molar-refractivity contribution is 0.0696. The first-order valence-electron chi connectivity index (χ1n) is 4.29. The predicted molar refractivity (Wildman–Crippen MR) is 61.1 cm³/mol. The number of rotatable bonds is 1. The van der Waals surface area contributed by atoms with Crippen molar-refractivity contribution in [2.45, 2.75) is 13.8 Å². The third-order valence-corrected chi connectivity index (χ3v) is 3.61. The molecule has 0 aliphatic rings. The van der Waals surface area contributed by atoms with Gasteiger partial charge in [0.2, 0.25) is 0 Å². The number of carbonyl (C=O) groups is 1. The highest BCUT2D eigenvalue weighted by molar-refractivity contribution is 7.17. The molecule has 0 radical (unpaired) electrons. The predicted octanol–water partition coefficient (Wildman–Crippen LogP) is 3.26. The number of hydrogen-bond donors (Lipinski definition) is 1. The smallest absolute Gasteiger partial charge is 0.339 e. The maximum Gasteiger partial charge on any atom is 0.339 e. The van der Waals surface area contributed by atoms with Crippen LogP contribution in [0, 0.1) is 13.8 Å². The van der Waals surface area contributed by atoms with Gasteiger partial charge in [0.1, 0.15) is 4.83 Å². The number of fused-ring (bicyclic) bond motifs is 1. The molecule has 0 fully saturated rings. The SMILES string of the molecule is Cc1nc2scc(C)c2c(Cl)c1C(=O)O. The van der Waals surface area contributed by atoms with Crippen molar-refractivity contribution in [2.75, 3.05) is 0 Å². The van der Waals surface area contributed by atoms with Gasteiger partial charge in [-0.15, -0.1) is 11.3 Å². The Morgan fingerprint density at radius 2 is 2.20 bits per heavy atom. The van der Waals surface area contributed by atoms with E-state index in [1.807, 2.05) is 12.3 Å². The van der Waals surface area contributed by atoms with E-state index in [-0.39, 0.29) is 5.56 Å². The average Bonchev–Trinajstić information content (AvgIpc) is 2.46. The average molecular weight is 242 g/mol. The molecule has 0 bridgehead atoms. The van der Waals surface area contributed by atoms with Crippen molar-refractivity contribution in [3.05, 3.63) is 27.2 Å². The fourth-order valence-electron chi connectivity index (χ4n) is 1.52. The lowest BCUT2D eigenvalue weighted by Gasteiger charge is -2.04. The number of carboxylic acid groups (broad SMARTS) is 1. The third-order valence-electron chi connectivity index (χ3n) is 2.24. The van der Waals surface area contributed by atoms with E-state index in [0.29, 0.717) is 10.7 Å². The Balaban J connectivity index is 2.93. The molecule has 0 saturated carbocycles. The van der Waals surface area contributed by atoms with Crippen LogP contribution in [0.15, 0.2) is 5.38 Å². The molecule has 15 heavy (non-hydrogen) atoms. The number of halogens is 1. The monoisotopic (exact) mass is 241 g/mol. The lowest BCUT2D eigenvalue weighted by atomic mass is 10.1. The topological polar surface area (TPSA) is 50.2 Å². The molecule has 0 spiro atoms. The van der Waals surface area contributed by atoms with Crippen LogP contribution in [0.25, 0.3) is 10.2 Å². The van der Waals surface area contributed by atoms with Crippen LogP contribution in [0.1, 0.15) is 21.6 Å². The zero-order valence-electron chi connectivity index (χ0n) is 8.17. The molecular weight excluding hydrogens is 234 g/mol. The van der Waals surface area contributed by atoms with E-state index in [1.54, 1.807) is 6.92 Å². The van der Waals surface area contributed by atoms with Crippen LogP contribution in [0.2, 0.25) is 5.02 Å². The normalized spacial score (nSPS) is 10.9. The van der Waals surface area contributed by atoms with Gasteiger partial charge in [-0.3, -0.25) is 0 Å². The Morgan fingerprint density at radius 3 is 2.80 bits per heavy atom. The highest BCUT2D eigenvalue weighted by Gasteiger charge is 2.18. The van der Waals surface area contributed by atoms with Gasteiger partial charge >= 0.3 is 5.97 Å². The first-order chi connectivity index (χ1) is 7.02. The lowest BCUT2D eigenvalue weighted by Crippen LogP contribution is -2.03. The van der Waals surface area contributed by atoms with E-state index in [0.717, 1.165) is 15.8 Å². The summed E-state index contributed by atoms with van der Waals surface area (Å²) in [4.78, 5) is 16.0. The zero-order chi connectivity index (χ0) is 11.2. The van der Waals surface area contributed by atoms with Gasteiger partial charge in [-0.05, 0) is 24.8 Å². The van der Waals surface area contributed by atoms with Crippen LogP contribution >= 0.6 is 22.9 Å². The summed E-state index contributed by atoms with van der Waals surface area (Å²) in [5.41, 5.74) is 1.53. The van der Waals surface area contributed by atoms with Crippen LogP contribution in [0.5, 0.6) is 0 Å². The van der Waals surface area contributed by atoms with Crippen LogP contribution in [0.3, 0.4) is 0 Å². The molecule has 0 aliphatic heterocycles. The number of aromatic carboxylic acids is 1. The van der Waals surface area contributed by atoms with Crippen molar-refractivity contribution >= 4 is 39.1 Å². The van der Waals surface area contributed by atoms with Crippen molar-refractivity contribution in [1.82, 2.24) is 4.98 Å². The number of thiophene rings is 1. The summed E-state index contributed by atoms with van der Waals surface area (Å²) in [7, 11) is 0. The van der Waals surface area contributed by atoms with Gasteiger partial charge in [-0.25, -0.2) is 9.78 Å². The number of pyridine rings is 1. The zero-order valence-corrected chi connectivity index (χ0v) is 9.74. The quantitative estimate of drug-likeness (QED) is 0.834. The number of aromatic nitrogens is 1. The molecule has 2 aromatic heterocycles. The Labute approximate surface area is 95.3 Å². The molecule has 1 N–H and O–H groups in total. The maximum absolute atomic E-state index is 11.0. The highest BCUT2D eigenvalue weighted by atomic mass is 35.5. The van der Waals surface area contributed by atoms with E-state index >= 15 is 0 Å². The van der Waals surface area contributed by atoms with E-state index in [2.05, 4.69) is 4.98 Å². The van der Waals surface area contributed by atoms with Gasteiger partial charge in [0.15, 0.2) is 0 Å². The molecule has 2 heterocycles. The molecule has 0 aliphatic carbocycles. The first kappa shape index (κ1) is 10.4. The number of carboxylic acids is 1. The molecule has 0 unspecified atom stereocenters. The minimum Gasteiger partial charge on any atom is -0.478 e. The molecule has 2 aromatic rings. The standard InChI is InChI=1S/C10H8ClNO2S/c1-4-3-15-9-6(4)8(11)7(10(13)14)5(2)12-9/h3H,1-2H3,(H,13,14). The molecule has 0 atom stereocenters. The van der Waals surface area contributed by atoms with E-state index in [4.69, 9.17) is 16.7 Å². The largest absolute Gasteiger partial charge is 0.478 e. The summed E-state index contributed by atoms with van der Waals surface area (Å²) < 4.78 is 0. The van der Waals surface area contributed by atoms with Gasteiger partial charge < -0.3 is 5.11 Å². The van der Waals surface area contributed by atoms with Crippen LogP contribution < -0.4 is 0 Å². The van der Waals surface area contributed by atoms with Gasteiger partial charge in [0.25, 0.3) is 0 Å². The molecule has 78 valence electrons. The fourth-order valence-corrected chi connectivity index (χ4v) is 3.01. The van der Waals surface area contributed by atoms with E-state index in [1.165, 1.54) is 11.3 Å². The Morgan fingerprint density at radius 1 is 1.53 bits per heavy atom. The summed E-state index contributed by atoms with van der Waals surface area (Å²) in [5.74, 6) is -1.03. The second-order valence-corrected chi connectivity index (χ2v) is 4.53. The second kappa shape index (κ2) is 3.47. The molecule has 0 amide bonds. The summed E-state index contributed by atoms with van der Waals surface area (Å²) in [6.07, 6.45) is 0. The second-order valence-electron chi connectivity index (χ2n) is 3.29. The highest BCUT2D eigenvalue weighted by Crippen LogP contribution is 2.33. The molecule has 2 rings (SSSR count). The molecule has 0 saturated heterocycles. The summed E-state index contributed by atoms with van der Waals surface area (Å²) >= 11 is 7.55. The van der Waals surface area contributed by atoms with Gasteiger partial charge in [0.05, 0.1) is 16.3 Å². The van der Waals surface area contributed by atoms with E-state index < -0.39 is 5.97 Å². The molecule has 5 heteroatoms. The fraction of sp³-hybridized carbons (Fsp3) is 0.200. The third kappa shape index (κ3) is 1.50. The van der Waals surface area contributed by atoms with Crippen molar-refractivity contribution in [2.24, 2.45) is 0 Å². The number of aryl methyl sites for hydroxylation is 2. The van der Waals surface area contributed by atoms with Gasteiger partial charge in [-0.2, -0.15) is 0 Å². The number of hydrogen-bond acceptors (Lipinski definition) is 3. The van der Waals surface area contributed by atoms with Crippen LogP contribution in [-0.4, -0.2) is 16.1 Å². The molecule has 3 nitrogen and oxygen atoms in total. The minimum atomic E-state index is -1.03. The van der Waals surface area contributed by atoms with Gasteiger partial charge in [0, 0.05) is 5.39 Å². The Bertz CT molecular complexity index is 562. The van der Waals surface area contributed by atoms with Crippen molar-refractivity contribution < 1.29 is 9.90 Å². The summed E-state index contributed by atoms with van der Waals surface area (Å²) in [6.45, 7) is 3.55. The maximum atomic E-state index is 11.0. The minimum absolute atomic E-state index is 0.102. The van der Waals surface area contributed by atoms with Crippen molar-refractivity contribution in [3.63, 3.8) is 0 Å². The van der Waals surface area contributed by atoms with Crippen LogP contribution in [-0.2, 0) is 0 Å². The van der Waals surface area contributed by atoms with Crippen molar-refractivity contribution in [1.29, 1.82) is 0 Å². The Kier molecular flexibility index (Phi) is 2.40. The first-order valence-corrected chi connectivity index (χ1v) is 5.55. The summed E-state index contributed by atoms with van der Waals surface area (Å²) in [6, 6.07) is 0. The van der Waals surface area contributed by atoms with Crippen molar-refractivity contribution in [3.8, 4) is 0 Å². The molecular formula is C10H8ClNO2S. The summed E-state index contributed by atoms with van der Waals surface area (Å²) in [5, 5.41) is 12.0. The Hall–Kier alpha value is -1.13. The van der Waals surface area contributed by atoms with Crippen LogP contribution in [0.4, 0.5) is 0 Å². The molecule has 0 aromatic carbocycles. The van der Waals surface area contributed by atoms with Gasteiger partial charge in [-0.1, -0.05) is 11.6 Å².